The maximum Gasteiger partial charge on any atom is 0.493 e. The Morgan fingerprint density at radius 2 is 2.14 bits per heavy atom. The van der Waals surface area contributed by atoms with Crippen LogP contribution in [-0.2, 0) is 0 Å². The Balaban J connectivity index is 3.19. The van der Waals surface area contributed by atoms with E-state index in [-0.39, 0.29) is 16.2 Å². The predicted octanol–water partition coefficient (Wildman–Crippen LogP) is 0.558. The number of ether oxygens (including phenoxy) is 1. The summed E-state index contributed by atoms with van der Waals surface area (Å²) in [5.74, 6) is -0.535. The van der Waals surface area contributed by atoms with Gasteiger partial charge in [-0.05, 0) is 19.1 Å². The smallest absolute Gasteiger partial charge is 0.492 e. The van der Waals surface area contributed by atoms with Crippen LogP contribution >= 0.6 is 11.6 Å². The monoisotopic (exact) mass is 218 g/mol. The summed E-state index contributed by atoms with van der Waals surface area (Å²) in [6.45, 7) is 2.11. The van der Waals surface area contributed by atoms with Crippen LogP contribution in [0.4, 0.5) is 4.39 Å². The van der Waals surface area contributed by atoms with Crippen molar-refractivity contribution in [1.29, 1.82) is 0 Å². The summed E-state index contributed by atoms with van der Waals surface area (Å²) >= 11 is 5.70. The SMILES string of the molecule is CCOc1ccc(F)c(B(O)O)c1Cl. The van der Waals surface area contributed by atoms with Gasteiger partial charge in [-0.3, -0.25) is 0 Å². The summed E-state index contributed by atoms with van der Waals surface area (Å²) in [4.78, 5) is 0. The predicted molar refractivity (Wildman–Crippen MR) is 52.4 cm³/mol. The second kappa shape index (κ2) is 4.64. The third-order valence-corrected chi connectivity index (χ3v) is 2.04. The maximum atomic E-state index is 13.1. The molecule has 0 saturated heterocycles. The van der Waals surface area contributed by atoms with Crippen molar-refractivity contribution in [2.24, 2.45) is 0 Å². The molecular formula is C8H9BClFO3. The van der Waals surface area contributed by atoms with E-state index < -0.39 is 12.9 Å². The minimum absolute atomic E-state index is 0.109. The van der Waals surface area contributed by atoms with Crippen molar-refractivity contribution in [1.82, 2.24) is 0 Å². The van der Waals surface area contributed by atoms with Crippen molar-refractivity contribution in [2.75, 3.05) is 6.61 Å². The molecule has 0 spiro atoms. The summed E-state index contributed by atoms with van der Waals surface area (Å²) in [6.07, 6.45) is 0. The third-order valence-electron chi connectivity index (χ3n) is 1.65. The molecule has 14 heavy (non-hydrogen) atoms. The first kappa shape index (κ1) is 11.3. The van der Waals surface area contributed by atoms with Crippen LogP contribution in [0.1, 0.15) is 6.92 Å². The van der Waals surface area contributed by atoms with Crippen molar-refractivity contribution in [3.8, 4) is 5.75 Å². The molecule has 0 aliphatic carbocycles. The zero-order chi connectivity index (χ0) is 10.7. The summed E-state index contributed by atoms with van der Waals surface area (Å²) in [7, 11) is -1.94. The fraction of sp³-hybridized carbons (Fsp3) is 0.250. The molecule has 1 aromatic carbocycles. The van der Waals surface area contributed by atoms with E-state index in [1.165, 1.54) is 6.07 Å². The van der Waals surface area contributed by atoms with Gasteiger partial charge in [0.1, 0.15) is 11.6 Å². The largest absolute Gasteiger partial charge is 0.493 e. The van der Waals surface area contributed by atoms with Gasteiger partial charge in [-0.2, -0.15) is 0 Å². The lowest BCUT2D eigenvalue weighted by atomic mass is 9.79. The average Bonchev–Trinajstić information content (AvgIpc) is 2.10. The molecule has 0 aliphatic heterocycles. The molecule has 0 radical (unpaired) electrons. The van der Waals surface area contributed by atoms with Gasteiger partial charge in [0, 0.05) is 5.46 Å². The van der Waals surface area contributed by atoms with Crippen LogP contribution in [0.2, 0.25) is 5.02 Å². The minimum Gasteiger partial charge on any atom is -0.492 e. The Labute approximate surface area is 86.2 Å². The molecule has 0 aliphatic rings. The quantitative estimate of drug-likeness (QED) is 0.729. The summed E-state index contributed by atoms with van der Waals surface area (Å²) < 4.78 is 18.1. The van der Waals surface area contributed by atoms with Crippen molar-refractivity contribution in [3.05, 3.63) is 23.0 Å². The van der Waals surface area contributed by atoms with E-state index in [1.807, 2.05) is 0 Å². The van der Waals surface area contributed by atoms with Crippen LogP contribution in [0.5, 0.6) is 5.75 Å². The van der Waals surface area contributed by atoms with Crippen LogP contribution in [0.3, 0.4) is 0 Å². The molecule has 0 atom stereocenters. The lowest BCUT2D eigenvalue weighted by molar-refractivity contribution is 0.339. The van der Waals surface area contributed by atoms with Gasteiger partial charge in [-0.25, -0.2) is 4.39 Å². The van der Waals surface area contributed by atoms with E-state index in [9.17, 15) is 4.39 Å². The van der Waals surface area contributed by atoms with E-state index >= 15 is 0 Å². The first-order valence-electron chi connectivity index (χ1n) is 4.04. The van der Waals surface area contributed by atoms with E-state index in [0.717, 1.165) is 6.07 Å². The maximum absolute atomic E-state index is 13.1. The normalized spacial score (nSPS) is 10.1. The molecule has 0 heterocycles. The molecule has 1 rings (SSSR count). The highest BCUT2D eigenvalue weighted by molar-refractivity contribution is 6.63. The Kier molecular flexibility index (Phi) is 3.74. The van der Waals surface area contributed by atoms with Crippen LogP contribution in [-0.4, -0.2) is 23.8 Å². The summed E-state index contributed by atoms with van der Waals surface area (Å²) in [5, 5.41) is 17.6. The van der Waals surface area contributed by atoms with Crippen molar-refractivity contribution >= 4 is 24.2 Å². The Bertz CT molecular complexity index is 333. The topological polar surface area (TPSA) is 49.7 Å². The minimum atomic E-state index is -1.94. The van der Waals surface area contributed by atoms with Gasteiger partial charge >= 0.3 is 7.12 Å². The lowest BCUT2D eigenvalue weighted by Gasteiger charge is -2.10. The highest BCUT2D eigenvalue weighted by atomic mass is 35.5. The molecule has 0 saturated carbocycles. The Hall–Kier alpha value is -0.775. The van der Waals surface area contributed by atoms with Crippen molar-refractivity contribution in [2.45, 2.75) is 6.92 Å². The number of hydrogen-bond donors (Lipinski definition) is 2. The van der Waals surface area contributed by atoms with Crippen molar-refractivity contribution < 1.29 is 19.2 Å². The molecule has 76 valence electrons. The summed E-state index contributed by atoms with van der Waals surface area (Å²) in [5.41, 5.74) is -0.363. The van der Waals surface area contributed by atoms with E-state index in [0.29, 0.717) is 6.61 Å². The number of benzene rings is 1. The molecule has 3 nitrogen and oxygen atoms in total. The summed E-state index contributed by atoms with van der Waals surface area (Å²) in [6, 6.07) is 2.42. The highest BCUT2D eigenvalue weighted by Crippen LogP contribution is 2.23. The first-order chi connectivity index (χ1) is 6.57. The van der Waals surface area contributed by atoms with Crippen LogP contribution in [0, 0.1) is 5.82 Å². The molecule has 6 heteroatoms. The van der Waals surface area contributed by atoms with Gasteiger partial charge in [0.2, 0.25) is 0 Å². The zero-order valence-corrected chi connectivity index (χ0v) is 8.25. The Morgan fingerprint density at radius 3 is 2.64 bits per heavy atom. The van der Waals surface area contributed by atoms with Gasteiger partial charge in [0.15, 0.2) is 0 Å². The highest BCUT2D eigenvalue weighted by Gasteiger charge is 2.23. The fourth-order valence-electron chi connectivity index (χ4n) is 1.05. The molecule has 2 N–H and O–H groups in total. The van der Waals surface area contributed by atoms with E-state index in [4.69, 9.17) is 26.4 Å². The van der Waals surface area contributed by atoms with Gasteiger partial charge in [-0.15, -0.1) is 0 Å². The van der Waals surface area contributed by atoms with Crippen LogP contribution < -0.4 is 10.2 Å². The molecular weight excluding hydrogens is 209 g/mol. The van der Waals surface area contributed by atoms with Gasteiger partial charge < -0.3 is 14.8 Å². The molecule has 1 aromatic rings. The number of halogens is 2. The average molecular weight is 218 g/mol. The molecule has 0 amide bonds. The molecule has 0 fully saturated rings. The number of hydrogen-bond acceptors (Lipinski definition) is 3. The van der Waals surface area contributed by atoms with Crippen LogP contribution in [0.25, 0.3) is 0 Å². The van der Waals surface area contributed by atoms with Gasteiger partial charge in [-0.1, -0.05) is 11.6 Å². The standard InChI is InChI=1S/C8H9BClFO3/c1-2-14-6-4-3-5(11)7(8(6)10)9(12)13/h3-4,12-13H,2H2,1H3. The number of rotatable bonds is 3. The van der Waals surface area contributed by atoms with E-state index in [2.05, 4.69) is 0 Å². The first-order valence-corrected chi connectivity index (χ1v) is 4.42. The second-order valence-corrected chi connectivity index (χ2v) is 2.96. The molecule has 0 unspecified atom stereocenters. The molecule has 0 bridgehead atoms. The second-order valence-electron chi connectivity index (χ2n) is 2.58. The van der Waals surface area contributed by atoms with Gasteiger partial charge in [0.25, 0.3) is 0 Å². The fourth-order valence-corrected chi connectivity index (χ4v) is 1.36. The van der Waals surface area contributed by atoms with E-state index in [1.54, 1.807) is 6.92 Å². The van der Waals surface area contributed by atoms with Gasteiger partial charge in [0.05, 0.1) is 11.6 Å². The lowest BCUT2D eigenvalue weighted by Crippen LogP contribution is -2.34. The molecule has 0 aromatic heterocycles. The third kappa shape index (κ3) is 2.18. The zero-order valence-electron chi connectivity index (χ0n) is 7.50. The van der Waals surface area contributed by atoms with Crippen molar-refractivity contribution in [3.63, 3.8) is 0 Å². The Morgan fingerprint density at radius 1 is 1.50 bits per heavy atom. The van der Waals surface area contributed by atoms with Crippen LogP contribution in [0.15, 0.2) is 12.1 Å².